The fraction of sp³-hybridized carbons (Fsp3) is 0.684. The minimum Gasteiger partial charge on any atom is -0.618 e. The molecule has 1 aliphatic rings. The Hall–Kier alpha value is -2.58. The Morgan fingerprint density at radius 1 is 1.43 bits per heavy atom. The molecule has 0 saturated heterocycles. The zero-order chi connectivity index (χ0) is 21.1. The van der Waals surface area contributed by atoms with Crippen LogP contribution in [-0.4, -0.2) is 35.7 Å². The molecule has 156 valence electrons. The van der Waals surface area contributed by atoms with Crippen molar-refractivity contribution in [3.63, 3.8) is 0 Å². The number of hydrogen-bond acceptors (Lipinski definition) is 6. The first-order valence-electron chi connectivity index (χ1n) is 9.70. The molecule has 0 saturated carbocycles. The molecule has 1 amide bonds. The van der Waals surface area contributed by atoms with E-state index in [0.717, 1.165) is 24.6 Å². The molecule has 1 aliphatic carbocycles. The summed E-state index contributed by atoms with van der Waals surface area (Å²) in [5.41, 5.74) is 1.07. The first-order chi connectivity index (χ1) is 13.0. The van der Waals surface area contributed by atoms with E-state index in [1.807, 2.05) is 18.7 Å². The van der Waals surface area contributed by atoms with Gasteiger partial charge in [-0.2, -0.15) is 4.73 Å². The van der Waals surface area contributed by atoms with E-state index in [1.54, 1.807) is 20.8 Å². The van der Waals surface area contributed by atoms with E-state index in [2.05, 4.69) is 5.32 Å². The number of nitro groups is 1. The monoisotopic (exact) mass is 394 g/mol. The standard InChI is InChI=1S/C19H30N4O5/c1-6-10-21(11-13(2)20-18(24)28-19(3,4)5)17-14-8-7-9-15(14)22(25)12-16(17)23(26)27/h12-13H,6-11H2,1-5H3,(H,20,24)/t13-/m0/s1. The van der Waals surface area contributed by atoms with Crippen LogP contribution >= 0.6 is 0 Å². The quantitative estimate of drug-likeness (QED) is 0.329. The van der Waals surface area contributed by atoms with Crippen molar-refractivity contribution in [3.05, 3.63) is 32.8 Å². The molecule has 1 aromatic rings. The van der Waals surface area contributed by atoms with Crippen molar-refractivity contribution in [1.29, 1.82) is 0 Å². The van der Waals surface area contributed by atoms with Crippen LogP contribution in [0.2, 0.25) is 0 Å². The smallest absolute Gasteiger partial charge is 0.407 e. The molecule has 1 atom stereocenters. The van der Waals surface area contributed by atoms with Crippen LogP contribution < -0.4 is 14.9 Å². The second-order valence-corrected chi connectivity index (χ2v) is 8.22. The summed E-state index contributed by atoms with van der Waals surface area (Å²) in [5.74, 6) is 0. The van der Waals surface area contributed by atoms with Crippen LogP contribution in [0.1, 0.15) is 58.7 Å². The SMILES string of the molecule is CCCN(C[C@H](C)NC(=O)OC(C)(C)C)c1c([N+](=O)[O-])c[n+]([O-])c2c1CCC2. The number of carbonyl (C=O) groups excluding carboxylic acids is 1. The summed E-state index contributed by atoms with van der Waals surface area (Å²) in [6, 6.07) is -0.294. The maximum absolute atomic E-state index is 12.2. The summed E-state index contributed by atoms with van der Waals surface area (Å²) in [7, 11) is 0. The van der Waals surface area contributed by atoms with Gasteiger partial charge in [-0.15, -0.1) is 0 Å². The van der Waals surface area contributed by atoms with Gasteiger partial charge in [0.1, 0.15) is 11.3 Å². The number of ether oxygens (including phenoxy) is 1. The molecule has 1 aromatic heterocycles. The molecule has 0 aromatic carbocycles. The molecule has 0 bridgehead atoms. The highest BCUT2D eigenvalue weighted by molar-refractivity contribution is 5.70. The summed E-state index contributed by atoms with van der Waals surface area (Å²) in [4.78, 5) is 25.1. The molecule has 0 unspecified atom stereocenters. The molecule has 0 fully saturated rings. The number of nitrogens with one attached hydrogen (secondary N) is 1. The predicted molar refractivity (Wildman–Crippen MR) is 105 cm³/mol. The van der Waals surface area contributed by atoms with Crippen molar-refractivity contribution < 1.29 is 19.2 Å². The summed E-state index contributed by atoms with van der Waals surface area (Å²) in [6.45, 7) is 10.1. The molecule has 28 heavy (non-hydrogen) atoms. The predicted octanol–water partition coefficient (Wildman–Crippen LogP) is 2.85. The maximum atomic E-state index is 12.2. The van der Waals surface area contributed by atoms with Crippen LogP contribution in [0, 0.1) is 15.3 Å². The van der Waals surface area contributed by atoms with Gasteiger partial charge in [0.25, 0.3) is 6.20 Å². The summed E-state index contributed by atoms with van der Waals surface area (Å²) in [5, 5.41) is 26.6. The highest BCUT2D eigenvalue weighted by Crippen LogP contribution is 2.37. The number of nitrogens with zero attached hydrogens (tertiary/aromatic N) is 3. The van der Waals surface area contributed by atoms with Gasteiger partial charge in [-0.05, 0) is 47.0 Å². The Kier molecular flexibility index (Phi) is 6.69. The van der Waals surface area contributed by atoms with Crippen molar-refractivity contribution in [2.24, 2.45) is 0 Å². The first-order valence-corrected chi connectivity index (χ1v) is 9.70. The number of aromatic nitrogens is 1. The van der Waals surface area contributed by atoms with Crippen molar-refractivity contribution in [2.75, 3.05) is 18.0 Å². The fourth-order valence-electron chi connectivity index (χ4n) is 3.57. The van der Waals surface area contributed by atoms with Gasteiger partial charge >= 0.3 is 11.8 Å². The number of carbonyl (C=O) groups is 1. The summed E-state index contributed by atoms with van der Waals surface area (Å²) in [6.07, 6.45) is 3.38. The second kappa shape index (κ2) is 8.62. The molecule has 0 radical (unpaired) electrons. The number of anilines is 1. The third kappa shape index (κ3) is 5.24. The van der Waals surface area contributed by atoms with E-state index in [1.165, 1.54) is 0 Å². The number of amides is 1. The lowest BCUT2D eigenvalue weighted by Crippen LogP contribution is -2.45. The lowest BCUT2D eigenvalue weighted by molar-refractivity contribution is -0.617. The minimum atomic E-state index is -0.603. The topological polar surface area (TPSA) is 112 Å². The maximum Gasteiger partial charge on any atom is 0.407 e. The number of alkyl carbamates (subject to hydrolysis) is 1. The number of rotatable bonds is 7. The van der Waals surface area contributed by atoms with Gasteiger partial charge in [0, 0.05) is 25.6 Å². The average Bonchev–Trinajstić information content (AvgIpc) is 3.02. The number of pyridine rings is 1. The Morgan fingerprint density at radius 3 is 2.68 bits per heavy atom. The van der Waals surface area contributed by atoms with Crippen LogP contribution in [0.3, 0.4) is 0 Å². The average molecular weight is 394 g/mol. The molecule has 1 heterocycles. The summed E-state index contributed by atoms with van der Waals surface area (Å²) < 4.78 is 5.92. The van der Waals surface area contributed by atoms with Gasteiger partial charge in [-0.25, -0.2) is 4.79 Å². The molecule has 2 rings (SSSR count). The summed E-state index contributed by atoms with van der Waals surface area (Å²) >= 11 is 0. The van der Waals surface area contributed by atoms with Crippen molar-refractivity contribution in [3.8, 4) is 0 Å². The normalized spacial score (nSPS) is 14.3. The highest BCUT2D eigenvalue weighted by Gasteiger charge is 2.34. The van der Waals surface area contributed by atoms with Crippen LogP contribution in [-0.2, 0) is 17.6 Å². The van der Waals surface area contributed by atoms with Crippen molar-refractivity contribution >= 4 is 17.5 Å². The molecule has 1 N–H and O–H groups in total. The largest absolute Gasteiger partial charge is 0.618 e. The lowest BCUT2D eigenvalue weighted by atomic mass is 10.1. The molecule has 0 aliphatic heterocycles. The molecule has 9 nitrogen and oxygen atoms in total. The van der Waals surface area contributed by atoms with Gasteiger partial charge in [0.05, 0.1) is 10.5 Å². The van der Waals surface area contributed by atoms with Crippen molar-refractivity contribution in [1.82, 2.24) is 5.32 Å². The van der Waals surface area contributed by atoms with Crippen LogP contribution in [0.4, 0.5) is 16.2 Å². The van der Waals surface area contributed by atoms with E-state index in [4.69, 9.17) is 4.74 Å². The van der Waals surface area contributed by atoms with Crippen LogP contribution in [0.15, 0.2) is 6.20 Å². The minimum absolute atomic E-state index is 0.187. The van der Waals surface area contributed by atoms with Gasteiger partial charge in [-0.3, -0.25) is 10.1 Å². The fourth-order valence-corrected chi connectivity index (χ4v) is 3.57. The van der Waals surface area contributed by atoms with Crippen LogP contribution in [0.5, 0.6) is 0 Å². The Balaban J connectivity index is 2.30. The van der Waals surface area contributed by atoms with E-state index >= 15 is 0 Å². The molecular formula is C19H30N4O5. The van der Waals surface area contributed by atoms with E-state index in [-0.39, 0.29) is 11.7 Å². The Labute approximate surface area is 165 Å². The second-order valence-electron chi connectivity index (χ2n) is 8.22. The van der Waals surface area contributed by atoms with E-state index < -0.39 is 16.6 Å². The van der Waals surface area contributed by atoms with Gasteiger partial charge in [0.15, 0.2) is 5.69 Å². The number of hydrogen-bond donors (Lipinski definition) is 1. The molecule has 9 heteroatoms. The zero-order valence-electron chi connectivity index (χ0n) is 17.3. The van der Waals surface area contributed by atoms with E-state index in [0.29, 0.717) is 42.0 Å². The van der Waals surface area contributed by atoms with Gasteiger partial charge < -0.3 is 20.2 Å². The Morgan fingerprint density at radius 2 is 2.11 bits per heavy atom. The van der Waals surface area contributed by atoms with Crippen LogP contribution in [0.25, 0.3) is 0 Å². The number of fused-ring (bicyclic) bond motifs is 1. The van der Waals surface area contributed by atoms with Gasteiger partial charge in [-0.1, -0.05) is 6.92 Å². The highest BCUT2D eigenvalue weighted by atomic mass is 16.6. The zero-order valence-corrected chi connectivity index (χ0v) is 17.3. The lowest BCUT2D eigenvalue weighted by Gasteiger charge is -2.29. The first kappa shape index (κ1) is 21.7. The third-order valence-electron chi connectivity index (χ3n) is 4.49. The van der Waals surface area contributed by atoms with E-state index in [9.17, 15) is 20.1 Å². The molecule has 0 spiro atoms. The third-order valence-corrected chi connectivity index (χ3v) is 4.49. The Bertz CT molecular complexity index is 745. The van der Waals surface area contributed by atoms with Crippen molar-refractivity contribution in [2.45, 2.75) is 71.9 Å². The molecular weight excluding hydrogens is 364 g/mol. The van der Waals surface area contributed by atoms with Gasteiger partial charge in [0.2, 0.25) is 0 Å².